The lowest BCUT2D eigenvalue weighted by atomic mass is 10.2. The van der Waals surface area contributed by atoms with Crippen molar-refractivity contribution in [1.82, 2.24) is 5.32 Å². The quantitative estimate of drug-likeness (QED) is 0.734. The van der Waals surface area contributed by atoms with Gasteiger partial charge in [-0.15, -0.1) is 0 Å². The number of amides is 2. The number of hydrogen-bond donors (Lipinski definition) is 3. The van der Waals surface area contributed by atoms with E-state index in [4.69, 9.17) is 10.2 Å². The van der Waals surface area contributed by atoms with Gasteiger partial charge in [0.1, 0.15) is 6.04 Å². The van der Waals surface area contributed by atoms with Gasteiger partial charge in [0.25, 0.3) is 0 Å². The molecule has 0 spiro atoms. The molecular formula is C14H20N2O4. The lowest BCUT2D eigenvalue weighted by Gasteiger charge is -2.25. The number of carboxylic acid groups (broad SMARTS) is 1. The van der Waals surface area contributed by atoms with Crippen LogP contribution in [0.15, 0.2) is 24.3 Å². The molecule has 0 aromatic heterocycles. The number of carbonyl (C=O) groups excluding carboxylic acids is 1. The molecule has 0 unspecified atom stereocenters. The van der Waals surface area contributed by atoms with Crippen LogP contribution in [0.25, 0.3) is 0 Å². The third-order valence-corrected chi connectivity index (χ3v) is 2.98. The fraction of sp³-hybridized carbons (Fsp3) is 0.429. The Morgan fingerprint density at radius 3 is 2.50 bits per heavy atom. The summed E-state index contributed by atoms with van der Waals surface area (Å²) in [5.41, 5.74) is 1.67. The molecule has 1 atom stereocenters. The van der Waals surface area contributed by atoms with E-state index in [0.717, 1.165) is 11.3 Å². The van der Waals surface area contributed by atoms with E-state index in [9.17, 15) is 9.59 Å². The van der Waals surface area contributed by atoms with Gasteiger partial charge in [0.05, 0.1) is 0 Å². The first kappa shape index (κ1) is 16.0. The van der Waals surface area contributed by atoms with Crippen LogP contribution in [-0.2, 0) is 4.79 Å². The Morgan fingerprint density at radius 1 is 1.35 bits per heavy atom. The molecule has 110 valence electrons. The summed E-state index contributed by atoms with van der Waals surface area (Å²) in [5.74, 6) is -1.16. The molecule has 1 aromatic rings. The van der Waals surface area contributed by atoms with Crippen LogP contribution in [0.3, 0.4) is 0 Å². The van der Waals surface area contributed by atoms with Gasteiger partial charge in [-0.25, -0.2) is 9.59 Å². The first-order valence-electron chi connectivity index (χ1n) is 6.48. The highest BCUT2D eigenvalue weighted by Gasteiger charge is 2.23. The number of hydrogen-bond acceptors (Lipinski definition) is 3. The molecule has 3 N–H and O–H groups in total. The van der Waals surface area contributed by atoms with E-state index in [1.54, 1.807) is 6.07 Å². The van der Waals surface area contributed by atoms with Crippen LogP contribution in [-0.4, -0.2) is 41.4 Å². The zero-order valence-corrected chi connectivity index (χ0v) is 11.7. The van der Waals surface area contributed by atoms with Crippen LogP contribution in [0.1, 0.15) is 18.9 Å². The lowest BCUT2D eigenvalue weighted by molar-refractivity contribution is -0.139. The number of aliphatic hydroxyl groups excluding tert-OH is 1. The fourth-order valence-corrected chi connectivity index (χ4v) is 1.90. The van der Waals surface area contributed by atoms with Crippen molar-refractivity contribution < 1.29 is 19.8 Å². The normalized spacial score (nSPS) is 11.8. The fourth-order valence-electron chi connectivity index (χ4n) is 1.90. The summed E-state index contributed by atoms with van der Waals surface area (Å²) < 4.78 is 0. The Morgan fingerprint density at radius 2 is 2.00 bits per heavy atom. The number of para-hydroxylation sites is 1. The number of anilines is 1. The highest BCUT2D eigenvalue weighted by Crippen LogP contribution is 2.19. The van der Waals surface area contributed by atoms with Crippen molar-refractivity contribution >= 4 is 17.7 Å². The Balaban J connectivity index is 2.87. The molecule has 0 radical (unpaired) electrons. The van der Waals surface area contributed by atoms with E-state index >= 15 is 0 Å². The Kier molecular flexibility index (Phi) is 5.99. The number of aliphatic carboxylic acids is 1. The largest absolute Gasteiger partial charge is 0.480 e. The van der Waals surface area contributed by atoms with Gasteiger partial charge >= 0.3 is 12.0 Å². The van der Waals surface area contributed by atoms with Crippen molar-refractivity contribution in [3.05, 3.63) is 29.8 Å². The maximum atomic E-state index is 12.2. The highest BCUT2D eigenvalue weighted by atomic mass is 16.4. The van der Waals surface area contributed by atoms with Crippen molar-refractivity contribution in [2.75, 3.05) is 18.1 Å². The first-order valence-corrected chi connectivity index (χ1v) is 6.48. The number of aliphatic hydroxyl groups is 1. The summed E-state index contributed by atoms with van der Waals surface area (Å²) in [6.07, 6.45) is -0.0214. The predicted molar refractivity (Wildman–Crippen MR) is 75.9 cm³/mol. The van der Waals surface area contributed by atoms with Crippen LogP contribution < -0.4 is 10.2 Å². The van der Waals surface area contributed by atoms with E-state index < -0.39 is 18.0 Å². The van der Waals surface area contributed by atoms with Crippen molar-refractivity contribution in [1.29, 1.82) is 0 Å². The molecule has 0 fully saturated rings. The summed E-state index contributed by atoms with van der Waals surface area (Å²) in [7, 11) is 0. The van der Waals surface area contributed by atoms with Crippen molar-refractivity contribution in [3.8, 4) is 0 Å². The maximum Gasteiger partial charge on any atom is 0.326 e. The molecule has 0 saturated carbocycles. The van der Waals surface area contributed by atoms with Crippen LogP contribution in [0.4, 0.5) is 10.5 Å². The first-order chi connectivity index (χ1) is 9.51. The monoisotopic (exact) mass is 280 g/mol. The highest BCUT2D eigenvalue weighted by molar-refractivity contribution is 5.95. The predicted octanol–water partition coefficient (Wildman–Crippen LogP) is 1.37. The van der Waals surface area contributed by atoms with Crippen molar-refractivity contribution in [2.24, 2.45) is 0 Å². The molecule has 0 heterocycles. The standard InChI is InChI=1S/C14H20N2O4/c1-3-16(12-7-5-4-6-10(12)2)14(20)15-11(8-9-17)13(18)19/h4-7,11,17H,3,8-9H2,1-2H3,(H,15,20)(H,18,19)/t11-/m0/s1. The van der Waals surface area contributed by atoms with E-state index in [1.165, 1.54) is 4.90 Å². The summed E-state index contributed by atoms with van der Waals surface area (Å²) >= 11 is 0. The third kappa shape index (κ3) is 3.96. The van der Waals surface area contributed by atoms with Gasteiger partial charge in [0, 0.05) is 25.3 Å². The molecule has 0 aliphatic carbocycles. The smallest absolute Gasteiger partial charge is 0.326 e. The molecule has 0 aliphatic heterocycles. The van der Waals surface area contributed by atoms with Gasteiger partial charge in [-0.1, -0.05) is 18.2 Å². The second kappa shape index (κ2) is 7.49. The molecule has 1 rings (SSSR count). The lowest BCUT2D eigenvalue weighted by Crippen LogP contribution is -2.48. The van der Waals surface area contributed by atoms with Gasteiger partial charge in [-0.2, -0.15) is 0 Å². The number of carboxylic acids is 1. The number of rotatable bonds is 6. The van der Waals surface area contributed by atoms with Gasteiger partial charge in [0.2, 0.25) is 0 Å². The van der Waals surface area contributed by atoms with Crippen LogP contribution in [0.2, 0.25) is 0 Å². The van der Waals surface area contributed by atoms with Crippen molar-refractivity contribution in [2.45, 2.75) is 26.3 Å². The van der Waals surface area contributed by atoms with E-state index in [2.05, 4.69) is 5.32 Å². The minimum Gasteiger partial charge on any atom is -0.480 e. The topological polar surface area (TPSA) is 89.9 Å². The number of nitrogens with zero attached hydrogens (tertiary/aromatic N) is 1. The van der Waals surface area contributed by atoms with Crippen molar-refractivity contribution in [3.63, 3.8) is 0 Å². The Labute approximate surface area is 118 Å². The second-order valence-corrected chi connectivity index (χ2v) is 4.38. The van der Waals surface area contributed by atoms with Crippen LogP contribution in [0.5, 0.6) is 0 Å². The molecule has 0 aliphatic rings. The number of urea groups is 1. The molecular weight excluding hydrogens is 260 g/mol. The van der Waals surface area contributed by atoms with Gasteiger partial charge in [0.15, 0.2) is 0 Å². The third-order valence-electron chi connectivity index (χ3n) is 2.98. The van der Waals surface area contributed by atoms with Gasteiger partial charge in [-0.3, -0.25) is 4.90 Å². The molecule has 6 nitrogen and oxygen atoms in total. The summed E-state index contributed by atoms with van der Waals surface area (Å²) in [6, 6.07) is 5.80. The zero-order chi connectivity index (χ0) is 15.1. The number of nitrogens with one attached hydrogen (secondary N) is 1. The second-order valence-electron chi connectivity index (χ2n) is 4.38. The minimum absolute atomic E-state index is 0.0214. The average Bonchev–Trinajstić information content (AvgIpc) is 2.41. The molecule has 6 heteroatoms. The van der Waals surface area contributed by atoms with Crippen LogP contribution in [0, 0.1) is 6.92 Å². The van der Waals surface area contributed by atoms with Gasteiger partial charge < -0.3 is 15.5 Å². The van der Waals surface area contributed by atoms with E-state index in [-0.39, 0.29) is 13.0 Å². The summed E-state index contributed by atoms with van der Waals surface area (Å²) in [4.78, 5) is 24.7. The minimum atomic E-state index is -1.16. The average molecular weight is 280 g/mol. The Hall–Kier alpha value is -2.08. The van der Waals surface area contributed by atoms with E-state index in [1.807, 2.05) is 32.0 Å². The van der Waals surface area contributed by atoms with E-state index in [0.29, 0.717) is 6.54 Å². The zero-order valence-electron chi connectivity index (χ0n) is 11.7. The molecule has 0 saturated heterocycles. The SMILES string of the molecule is CCN(C(=O)N[C@@H](CCO)C(=O)O)c1ccccc1C. The molecule has 0 bridgehead atoms. The van der Waals surface area contributed by atoms with Crippen LogP contribution >= 0.6 is 0 Å². The summed E-state index contributed by atoms with van der Waals surface area (Å²) in [6.45, 7) is 3.82. The molecule has 2 amide bonds. The Bertz CT molecular complexity index is 476. The summed E-state index contributed by atoms with van der Waals surface area (Å²) in [5, 5.41) is 20.2. The number of aryl methyl sites for hydroxylation is 1. The number of carbonyl (C=O) groups is 2. The maximum absolute atomic E-state index is 12.2. The number of benzene rings is 1. The van der Waals surface area contributed by atoms with Gasteiger partial charge in [-0.05, 0) is 25.5 Å². The molecule has 1 aromatic carbocycles. The molecule has 20 heavy (non-hydrogen) atoms.